The summed E-state index contributed by atoms with van der Waals surface area (Å²) in [4.78, 5) is 31.1. The van der Waals surface area contributed by atoms with Crippen LogP contribution in [-0.2, 0) is 0 Å². The maximum absolute atomic E-state index is 14.9. The molecular weight excluding hydrogens is 507 g/mol. The molecule has 4 saturated carbocycles. The van der Waals surface area contributed by atoms with E-state index in [0.29, 0.717) is 23.8 Å². The lowest BCUT2D eigenvalue weighted by Gasteiger charge is -2.56. The van der Waals surface area contributed by atoms with Crippen LogP contribution in [0.25, 0.3) is 16.7 Å². The zero-order valence-electron chi connectivity index (χ0n) is 20.2. The number of amides is 1. The van der Waals surface area contributed by atoms with Crippen LogP contribution in [0.4, 0.5) is 27.8 Å². The number of fused-ring (bicyclic) bond motifs is 1. The molecule has 3 aromatic rings. The van der Waals surface area contributed by atoms with E-state index in [4.69, 9.17) is 0 Å². The summed E-state index contributed by atoms with van der Waals surface area (Å²) >= 11 is 0. The second-order valence-electron chi connectivity index (χ2n) is 11.0. The van der Waals surface area contributed by atoms with Crippen molar-refractivity contribution >= 4 is 22.8 Å². The summed E-state index contributed by atoms with van der Waals surface area (Å²) in [5.41, 5.74) is -1.67. The number of halogens is 5. The number of carbonyl (C=O) groups excluding carboxylic acids is 1. The van der Waals surface area contributed by atoms with E-state index < -0.39 is 35.7 Å². The number of benzene rings is 1. The van der Waals surface area contributed by atoms with E-state index in [-0.39, 0.29) is 33.6 Å². The smallest absolute Gasteiger partial charge is 0.361 e. The largest absolute Gasteiger partial charge is 0.405 e. The van der Waals surface area contributed by atoms with Gasteiger partial charge in [0.05, 0.1) is 11.1 Å². The zero-order valence-corrected chi connectivity index (χ0v) is 20.2. The lowest BCUT2D eigenvalue weighted by molar-refractivity contribution is -0.115. The Morgan fingerprint density at radius 1 is 1.03 bits per heavy atom. The second-order valence-corrected chi connectivity index (χ2v) is 11.0. The molecule has 6 nitrogen and oxygen atoms in total. The Morgan fingerprint density at radius 2 is 1.68 bits per heavy atom. The minimum Gasteiger partial charge on any atom is -0.361 e. The number of nitrogens with zero attached hydrogens (tertiary/aromatic N) is 2. The van der Waals surface area contributed by atoms with Crippen molar-refractivity contribution in [3.63, 3.8) is 0 Å². The van der Waals surface area contributed by atoms with Gasteiger partial charge in [0.2, 0.25) is 5.43 Å². The van der Waals surface area contributed by atoms with Crippen molar-refractivity contribution in [2.75, 3.05) is 11.9 Å². The van der Waals surface area contributed by atoms with Crippen molar-refractivity contribution in [2.45, 2.75) is 50.2 Å². The van der Waals surface area contributed by atoms with Crippen molar-refractivity contribution in [3.05, 3.63) is 63.9 Å². The van der Waals surface area contributed by atoms with Gasteiger partial charge in [-0.25, -0.2) is 13.8 Å². The van der Waals surface area contributed by atoms with Crippen LogP contribution in [0.5, 0.6) is 0 Å². The standard InChI is InChI=1S/C27H25F5N4O2/c28-17-1-3-21(20(29)8-17)36-12-19(23(37)18-2-4-22(34-24(18)36)33-13-27(30,31)32)25(38)35-26-9-14-5-15(10-26)7-16(6-14)11-26/h1-4,8,12,14-16H,5-7,9-11,13H2,(H,33,34)(H,35,38). The van der Waals surface area contributed by atoms with E-state index >= 15 is 0 Å². The minimum atomic E-state index is -4.52. The molecule has 0 spiro atoms. The van der Waals surface area contributed by atoms with Crippen LogP contribution in [0.1, 0.15) is 48.9 Å². The molecule has 0 radical (unpaired) electrons. The van der Waals surface area contributed by atoms with Gasteiger partial charge in [0, 0.05) is 17.8 Å². The number of pyridine rings is 2. The summed E-state index contributed by atoms with van der Waals surface area (Å²) in [6, 6.07) is 5.21. The Balaban J connectivity index is 1.43. The van der Waals surface area contributed by atoms with E-state index in [0.717, 1.165) is 61.4 Å². The Hall–Kier alpha value is -3.50. The number of anilines is 1. The first-order valence-electron chi connectivity index (χ1n) is 12.6. The second kappa shape index (κ2) is 8.78. The van der Waals surface area contributed by atoms with Crippen LogP contribution >= 0.6 is 0 Å². The van der Waals surface area contributed by atoms with E-state index in [9.17, 15) is 31.5 Å². The average molecular weight is 533 g/mol. The maximum Gasteiger partial charge on any atom is 0.405 e. The quantitative estimate of drug-likeness (QED) is 0.436. The first-order chi connectivity index (χ1) is 18.0. The van der Waals surface area contributed by atoms with Gasteiger partial charge in [0.25, 0.3) is 5.91 Å². The molecule has 2 aromatic heterocycles. The molecule has 4 aliphatic carbocycles. The predicted molar refractivity (Wildman–Crippen MR) is 130 cm³/mol. The molecule has 11 heteroatoms. The van der Waals surface area contributed by atoms with E-state index in [1.165, 1.54) is 12.1 Å². The van der Waals surface area contributed by atoms with Crippen molar-refractivity contribution in [3.8, 4) is 5.69 Å². The number of carbonyl (C=O) groups is 1. The van der Waals surface area contributed by atoms with Crippen molar-refractivity contribution in [1.29, 1.82) is 0 Å². The average Bonchev–Trinajstić information content (AvgIpc) is 2.82. The molecule has 4 bridgehead atoms. The third-order valence-electron chi connectivity index (χ3n) is 8.15. The summed E-state index contributed by atoms with van der Waals surface area (Å²) in [6.07, 6.45) is 2.68. The third-order valence-corrected chi connectivity index (χ3v) is 8.15. The van der Waals surface area contributed by atoms with Crippen LogP contribution in [0.2, 0.25) is 0 Å². The topological polar surface area (TPSA) is 76.0 Å². The lowest BCUT2D eigenvalue weighted by atomic mass is 9.53. The molecule has 0 saturated heterocycles. The molecule has 7 rings (SSSR count). The number of hydrogen-bond donors (Lipinski definition) is 2. The molecular formula is C27H25F5N4O2. The molecule has 200 valence electrons. The van der Waals surface area contributed by atoms with Crippen molar-refractivity contribution in [1.82, 2.24) is 14.9 Å². The molecule has 4 fully saturated rings. The highest BCUT2D eigenvalue weighted by atomic mass is 19.4. The third kappa shape index (κ3) is 4.52. The normalized spacial score (nSPS) is 26.1. The van der Waals surface area contributed by atoms with Gasteiger partial charge < -0.3 is 10.6 Å². The van der Waals surface area contributed by atoms with E-state index in [2.05, 4.69) is 15.6 Å². The molecule has 0 atom stereocenters. The molecule has 0 unspecified atom stereocenters. The summed E-state index contributed by atoms with van der Waals surface area (Å²) in [5.74, 6) is -0.958. The van der Waals surface area contributed by atoms with E-state index in [1.807, 2.05) is 0 Å². The number of aromatic nitrogens is 2. The highest BCUT2D eigenvalue weighted by Gasteiger charge is 2.51. The Kier molecular flexibility index (Phi) is 5.73. The number of alkyl halides is 3. The first-order valence-corrected chi connectivity index (χ1v) is 12.6. The minimum absolute atomic E-state index is 0.0792. The van der Waals surface area contributed by atoms with Crippen LogP contribution in [0.3, 0.4) is 0 Å². The van der Waals surface area contributed by atoms with Crippen LogP contribution in [-0.4, -0.2) is 33.7 Å². The lowest BCUT2D eigenvalue weighted by Crippen LogP contribution is -2.60. The highest BCUT2D eigenvalue weighted by molar-refractivity contribution is 5.97. The van der Waals surface area contributed by atoms with E-state index in [1.54, 1.807) is 0 Å². The van der Waals surface area contributed by atoms with Crippen LogP contribution < -0.4 is 16.1 Å². The van der Waals surface area contributed by atoms with Crippen LogP contribution in [0, 0.1) is 29.4 Å². The monoisotopic (exact) mass is 532 g/mol. The Bertz CT molecular complexity index is 1460. The number of nitrogens with one attached hydrogen (secondary N) is 2. The number of rotatable bonds is 5. The Morgan fingerprint density at radius 3 is 2.29 bits per heavy atom. The number of hydrogen-bond acceptors (Lipinski definition) is 4. The van der Waals surface area contributed by atoms with Gasteiger partial charge in [-0.3, -0.25) is 14.2 Å². The van der Waals surface area contributed by atoms with Crippen molar-refractivity contribution in [2.24, 2.45) is 17.8 Å². The highest BCUT2D eigenvalue weighted by Crippen LogP contribution is 2.55. The SMILES string of the molecule is O=C(NC12CC3CC(CC(C3)C1)C2)c1cn(-c2ccc(F)cc2F)c2nc(NCC(F)(F)F)ccc2c1=O. The fourth-order valence-corrected chi connectivity index (χ4v) is 7.09. The summed E-state index contributed by atoms with van der Waals surface area (Å²) in [7, 11) is 0. The van der Waals surface area contributed by atoms with Crippen molar-refractivity contribution < 1.29 is 26.7 Å². The van der Waals surface area contributed by atoms with Crippen LogP contribution in [0.15, 0.2) is 41.3 Å². The summed E-state index contributed by atoms with van der Waals surface area (Å²) < 4.78 is 67.8. The fourth-order valence-electron chi connectivity index (χ4n) is 7.09. The predicted octanol–water partition coefficient (Wildman–Crippen LogP) is 5.34. The molecule has 4 aliphatic rings. The maximum atomic E-state index is 14.9. The molecule has 0 aliphatic heterocycles. The fraction of sp³-hybridized carbons (Fsp3) is 0.444. The van der Waals surface area contributed by atoms with Gasteiger partial charge in [-0.2, -0.15) is 13.2 Å². The molecule has 1 amide bonds. The van der Waals surface area contributed by atoms with Gasteiger partial charge in [-0.15, -0.1) is 0 Å². The summed E-state index contributed by atoms with van der Waals surface area (Å²) in [6.45, 7) is -1.37. The van der Waals surface area contributed by atoms with Gasteiger partial charge >= 0.3 is 6.18 Å². The molecule has 1 aromatic carbocycles. The molecule has 38 heavy (non-hydrogen) atoms. The van der Waals surface area contributed by atoms with Gasteiger partial charge in [-0.1, -0.05) is 0 Å². The molecule has 2 heterocycles. The zero-order chi connectivity index (χ0) is 26.8. The Labute approximate surface area is 214 Å². The van der Waals surface area contributed by atoms with Gasteiger partial charge in [0.1, 0.15) is 29.6 Å². The molecule has 2 N–H and O–H groups in total. The summed E-state index contributed by atoms with van der Waals surface area (Å²) in [5, 5.41) is 5.19. The first kappa shape index (κ1) is 24.8. The van der Waals surface area contributed by atoms with Gasteiger partial charge in [0.15, 0.2) is 5.65 Å². The van der Waals surface area contributed by atoms with Gasteiger partial charge in [-0.05, 0) is 80.5 Å².